The highest BCUT2D eigenvalue weighted by molar-refractivity contribution is 5.86. The second kappa shape index (κ2) is 11.9. The van der Waals surface area contributed by atoms with E-state index in [1.807, 2.05) is 0 Å². The predicted molar refractivity (Wildman–Crippen MR) is 143 cm³/mol. The number of aromatic nitrogens is 3. The summed E-state index contributed by atoms with van der Waals surface area (Å²) in [5, 5.41) is 32.3. The number of benzene rings is 3. The minimum Gasteiger partial charge on any atom is -0.497 e. The van der Waals surface area contributed by atoms with E-state index in [0.29, 0.717) is 22.7 Å². The Hall–Kier alpha value is -5.86. The van der Waals surface area contributed by atoms with Crippen molar-refractivity contribution >= 4 is 46.8 Å². The lowest BCUT2D eigenvalue weighted by atomic mass is 10.2. The van der Waals surface area contributed by atoms with Crippen LogP contribution in [-0.2, 0) is 0 Å². The van der Waals surface area contributed by atoms with Gasteiger partial charge in [0.15, 0.2) is 0 Å². The molecular weight excluding hydrogens is 510 g/mol. The number of ether oxygens (including phenoxy) is 2. The molecule has 0 bridgehead atoms. The van der Waals surface area contributed by atoms with Crippen LogP contribution in [0.25, 0.3) is 0 Å². The molecule has 1 heterocycles. The van der Waals surface area contributed by atoms with Crippen LogP contribution in [0.2, 0.25) is 0 Å². The van der Waals surface area contributed by atoms with Crippen LogP contribution in [0, 0.1) is 20.2 Å². The number of non-ortho nitro benzene ring substituents is 1. The van der Waals surface area contributed by atoms with Gasteiger partial charge in [-0.25, -0.2) is 5.43 Å². The third-order valence-electron chi connectivity index (χ3n) is 5.11. The molecule has 4 rings (SSSR count). The van der Waals surface area contributed by atoms with Crippen LogP contribution in [-0.4, -0.2) is 45.2 Å². The van der Waals surface area contributed by atoms with E-state index in [1.54, 1.807) is 37.4 Å². The summed E-state index contributed by atoms with van der Waals surface area (Å²) in [5.41, 5.74) is 3.93. The number of hydrogen-bond acceptors (Lipinski definition) is 13. The maximum Gasteiger partial charge on any atom is 0.311 e. The van der Waals surface area contributed by atoms with Crippen LogP contribution in [0.15, 0.2) is 71.8 Å². The Labute approximate surface area is 220 Å². The molecule has 4 aromatic rings. The van der Waals surface area contributed by atoms with Gasteiger partial charge in [-0.1, -0.05) is 6.07 Å². The maximum absolute atomic E-state index is 11.3. The molecule has 0 atom stereocenters. The van der Waals surface area contributed by atoms with Crippen molar-refractivity contribution < 1.29 is 19.3 Å². The highest BCUT2D eigenvalue weighted by Crippen LogP contribution is 2.29. The molecule has 0 amide bonds. The molecule has 0 saturated heterocycles. The Morgan fingerprint density at radius 1 is 0.769 bits per heavy atom. The van der Waals surface area contributed by atoms with Crippen molar-refractivity contribution in [3.8, 4) is 11.5 Å². The first kappa shape index (κ1) is 26.2. The number of hydrogen-bond donors (Lipinski definition) is 3. The van der Waals surface area contributed by atoms with Crippen molar-refractivity contribution in [1.82, 2.24) is 15.0 Å². The number of nitro groups is 2. The molecule has 39 heavy (non-hydrogen) atoms. The van der Waals surface area contributed by atoms with Crippen LogP contribution in [0.4, 0.5) is 40.6 Å². The Bertz CT molecular complexity index is 1510. The molecule has 3 aromatic carbocycles. The Kier molecular flexibility index (Phi) is 8.01. The second-order valence-electron chi connectivity index (χ2n) is 7.62. The third-order valence-corrected chi connectivity index (χ3v) is 5.11. The summed E-state index contributed by atoms with van der Waals surface area (Å²) in [6.45, 7) is 0. The van der Waals surface area contributed by atoms with E-state index in [9.17, 15) is 20.2 Å². The molecule has 0 aliphatic heterocycles. The Balaban J connectivity index is 1.61. The van der Waals surface area contributed by atoms with Gasteiger partial charge in [-0.15, -0.1) is 0 Å². The van der Waals surface area contributed by atoms with Crippen LogP contribution >= 0.6 is 0 Å². The van der Waals surface area contributed by atoms with Crippen molar-refractivity contribution in [3.05, 3.63) is 92.5 Å². The molecule has 0 aliphatic carbocycles. The van der Waals surface area contributed by atoms with Gasteiger partial charge in [-0.3, -0.25) is 20.2 Å². The molecule has 15 heteroatoms. The summed E-state index contributed by atoms with van der Waals surface area (Å²) in [6.07, 6.45) is 1.33. The van der Waals surface area contributed by atoms with Crippen molar-refractivity contribution in [2.45, 2.75) is 0 Å². The normalized spacial score (nSPS) is 10.6. The molecule has 0 radical (unpaired) electrons. The second-order valence-corrected chi connectivity index (χ2v) is 7.62. The molecule has 0 aliphatic rings. The van der Waals surface area contributed by atoms with Gasteiger partial charge >= 0.3 is 5.69 Å². The molecule has 0 spiro atoms. The molecule has 0 saturated carbocycles. The van der Waals surface area contributed by atoms with E-state index in [1.165, 1.54) is 49.7 Å². The van der Waals surface area contributed by atoms with Gasteiger partial charge < -0.3 is 20.1 Å². The number of hydrazone groups is 1. The third kappa shape index (κ3) is 6.67. The van der Waals surface area contributed by atoms with Crippen molar-refractivity contribution in [2.24, 2.45) is 5.10 Å². The molecule has 15 nitrogen and oxygen atoms in total. The van der Waals surface area contributed by atoms with Crippen LogP contribution in [0.3, 0.4) is 0 Å². The van der Waals surface area contributed by atoms with E-state index in [4.69, 9.17) is 9.47 Å². The van der Waals surface area contributed by atoms with Gasteiger partial charge in [0, 0.05) is 35.1 Å². The van der Waals surface area contributed by atoms with E-state index in [0.717, 1.165) is 0 Å². The first-order chi connectivity index (χ1) is 18.9. The van der Waals surface area contributed by atoms with Gasteiger partial charge in [0.25, 0.3) is 5.69 Å². The topological polar surface area (TPSA) is 192 Å². The summed E-state index contributed by atoms with van der Waals surface area (Å²) < 4.78 is 10.3. The standard InChI is InChI=1S/C24H21N9O6/c1-38-19-12-8-17(9-13-19)27-23-28-22(26-16-6-10-18(11-7-16)32(34)35)29-24(30-23)31-25-14-15-4-3-5-20(33(36)37)21(15)39-2/h3-14H,1-2H3,(H3,26,27,28,29,30,31)/b25-14-. The summed E-state index contributed by atoms with van der Waals surface area (Å²) >= 11 is 0. The van der Waals surface area contributed by atoms with Gasteiger partial charge in [0.05, 0.1) is 30.3 Å². The number of rotatable bonds is 11. The average Bonchev–Trinajstić information content (AvgIpc) is 2.93. The molecule has 198 valence electrons. The summed E-state index contributed by atoms with van der Waals surface area (Å²) in [7, 11) is 2.89. The average molecular weight is 531 g/mol. The maximum atomic E-state index is 11.3. The highest BCUT2D eigenvalue weighted by atomic mass is 16.6. The molecular formula is C24H21N9O6. The van der Waals surface area contributed by atoms with Gasteiger partial charge in [-0.05, 0) is 42.5 Å². The zero-order valence-corrected chi connectivity index (χ0v) is 20.6. The van der Waals surface area contributed by atoms with Crippen LogP contribution in [0.1, 0.15) is 5.56 Å². The van der Waals surface area contributed by atoms with E-state index < -0.39 is 9.85 Å². The van der Waals surface area contributed by atoms with Gasteiger partial charge in [0.1, 0.15) is 5.75 Å². The molecule has 0 unspecified atom stereocenters. The fraction of sp³-hybridized carbons (Fsp3) is 0.0833. The Morgan fingerprint density at radius 2 is 1.36 bits per heavy atom. The first-order valence-electron chi connectivity index (χ1n) is 11.2. The minimum atomic E-state index is -0.553. The lowest BCUT2D eigenvalue weighted by molar-refractivity contribution is -0.385. The molecule has 0 fully saturated rings. The molecule has 1 aromatic heterocycles. The predicted octanol–water partition coefficient (Wildman–Crippen LogP) is 4.64. The molecule has 3 N–H and O–H groups in total. The summed E-state index contributed by atoms with van der Waals surface area (Å²) in [4.78, 5) is 34.1. The fourth-order valence-electron chi connectivity index (χ4n) is 3.31. The number of nitro benzene ring substituents is 2. The van der Waals surface area contributed by atoms with Crippen LogP contribution < -0.4 is 25.5 Å². The lowest BCUT2D eigenvalue weighted by Gasteiger charge is -2.10. The van der Waals surface area contributed by atoms with E-state index >= 15 is 0 Å². The fourth-order valence-corrected chi connectivity index (χ4v) is 3.31. The quantitative estimate of drug-likeness (QED) is 0.138. The van der Waals surface area contributed by atoms with Crippen molar-refractivity contribution in [1.29, 1.82) is 0 Å². The number of methoxy groups -OCH3 is 2. The van der Waals surface area contributed by atoms with Gasteiger partial charge in [-0.2, -0.15) is 20.1 Å². The lowest BCUT2D eigenvalue weighted by Crippen LogP contribution is -2.07. The van der Waals surface area contributed by atoms with E-state index in [-0.39, 0.29) is 35.0 Å². The van der Waals surface area contributed by atoms with Gasteiger partial charge in [0.2, 0.25) is 23.6 Å². The number of para-hydroxylation sites is 1. The number of nitrogens with one attached hydrogen (secondary N) is 3. The number of anilines is 5. The zero-order valence-electron chi connectivity index (χ0n) is 20.6. The Morgan fingerprint density at radius 3 is 1.90 bits per heavy atom. The summed E-state index contributed by atoms with van der Waals surface area (Å²) in [6, 6.07) is 17.2. The van der Waals surface area contributed by atoms with Crippen molar-refractivity contribution in [2.75, 3.05) is 30.3 Å². The smallest absolute Gasteiger partial charge is 0.311 e. The van der Waals surface area contributed by atoms with Crippen LogP contribution in [0.5, 0.6) is 11.5 Å². The zero-order chi connectivity index (χ0) is 27.8. The monoisotopic (exact) mass is 531 g/mol. The SMILES string of the molecule is COc1ccc(Nc2nc(N/N=C\c3cccc([N+](=O)[O-])c3OC)nc(Nc3ccc([N+](=O)[O-])cc3)n2)cc1. The summed E-state index contributed by atoms with van der Waals surface area (Å²) in [5.74, 6) is 1.02. The largest absolute Gasteiger partial charge is 0.497 e. The van der Waals surface area contributed by atoms with Crippen molar-refractivity contribution in [3.63, 3.8) is 0 Å². The first-order valence-corrected chi connectivity index (χ1v) is 11.2. The van der Waals surface area contributed by atoms with E-state index in [2.05, 4.69) is 36.1 Å². The number of nitrogens with zero attached hydrogens (tertiary/aromatic N) is 6. The minimum absolute atomic E-state index is 0.0334. The highest BCUT2D eigenvalue weighted by Gasteiger charge is 2.17.